The molecule has 0 aliphatic heterocycles. The number of rotatable bonds is 5. The highest BCUT2D eigenvalue weighted by Gasteiger charge is 2.12. The van der Waals surface area contributed by atoms with E-state index in [1.54, 1.807) is 24.3 Å². The molecule has 18 heavy (non-hydrogen) atoms. The fourth-order valence-corrected chi connectivity index (χ4v) is 1.39. The van der Waals surface area contributed by atoms with Crippen molar-refractivity contribution in [2.45, 2.75) is 6.92 Å². The second-order valence-electron chi connectivity index (χ2n) is 4.15. The molecule has 1 aromatic carbocycles. The van der Waals surface area contributed by atoms with E-state index in [1.165, 1.54) is 6.92 Å². The number of carbonyl (C=O) groups excluding carboxylic acids is 2. The maximum absolute atomic E-state index is 11.9. The molecule has 0 aliphatic rings. The van der Waals surface area contributed by atoms with Gasteiger partial charge in [-0.3, -0.25) is 9.59 Å². The van der Waals surface area contributed by atoms with E-state index >= 15 is 0 Å². The minimum absolute atomic E-state index is 0.242. The topological polar surface area (TPSA) is 58.6 Å². The van der Waals surface area contributed by atoms with Crippen LogP contribution in [0.2, 0.25) is 0 Å². The van der Waals surface area contributed by atoms with Crippen LogP contribution in [-0.2, 0) is 4.79 Å². The first kappa shape index (κ1) is 14.2. The molecule has 1 rings (SSSR count). The van der Waals surface area contributed by atoms with Gasteiger partial charge in [-0.1, -0.05) is 12.1 Å². The van der Waals surface area contributed by atoms with Crippen LogP contribution in [0.1, 0.15) is 17.3 Å². The number of nitrogens with one attached hydrogen (secondary N) is 1. The molecular formula is C13H18N2O3. The monoisotopic (exact) mass is 250 g/mol. The van der Waals surface area contributed by atoms with Crippen LogP contribution >= 0.6 is 0 Å². The number of para-hydroxylation sites is 1. The summed E-state index contributed by atoms with van der Waals surface area (Å²) in [6.45, 7) is 2.60. The van der Waals surface area contributed by atoms with Crippen molar-refractivity contribution in [1.82, 2.24) is 10.2 Å². The summed E-state index contributed by atoms with van der Waals surface area (Å²) in [7, 11) is 3.86. The molecule has 1 aromatic rings. The molecule has 0 aliphatic carbocycles. The average molecular weight is 250 g/mol. The van der Waals surface area contributed by atoms with Crippen LogP contribution in [0.15, 0.2) is 24.3 Å². The Hall–Kier alpha value is -1.88. The molecule has 0 saturated carbocycles. The van der Waals surface area contributed by atoms with Crippen molar-refractivity contribution in [1.29, 1.82) is 0 Å². The van der Waals surface area contributed by atoms with Gasteiger partial charge in [0.1, 0.15) is 5.75 Å². The summed E-state index contributed by atoms with van der Waals surface area (Å²) in [5.74, 6) is -0.399. The number of ether oxygens (including phenoxy) is 1. The molecule has 0 fully saturated rings. The zero-order valence-corrected chi connectivity index (χ0v) is 10.9. The van der Waals surface area contributed by atoms with E-state index < -0.39 is 5.97 Å². The number of hydrogen-bond acceptors (Lipinski definition) is 4. The SMILES string of the molecule is CC(=O)Oc1ccccc1C(=O)NCCN(C)C. The number of carbonyl (C=O) groups is 2. The first-order valence-corrected chi connectivity index (χ1v) is 5.71. The molecule has 0 radical (unpaired) electrons. The van der Waals surface area contributed by atoms with E-state index in [0.717, 1.165) is 6.54 Å². The first-order chi connectivity index (χ1) is 8.50. The largest absolute Gasteiger partial charge is 0.426 e. The molecule has 5 heteroatoms. The van der Waals surface area contributed by atoms with Crippen LogP contribution in [0.4, 0.5) is 0 Å². The summed E-state index contributed by atoms with van der Waals surface area (Å²) in [5, 5.41) is 2.77. The van der Waals surface area contributed by atoms with Crippen molar-refractivity contribution in [3.05, 3.63) is 29.8 Å². The van der Waals surface area contributed by atoms with Gasteiger partial charge >= 0.3 is 5.97 Å². The molecule has 1 amide bonds. The lowest BCUT2D eigenvalue weighted by Gasteiger charge is -2.12. The Bertz CT molecular complexity index is 430. The maximum atomic E-state index is 11.9. The number of benzene rings is 1. The van der Waals surface area contributed by atoms with Crippen LogP contribution in [0.3, 0.4) is 0 Å². The number of hydrogen-bond donors (Lipinski definition) is 1. The minimum Gasteiger partial charge on any atom is -0.426 e. The van der Waals surface area contributed by atoms with E-state index in [-0.39, 0.29) is 11.7 Å². The lowest BCUT2D eigenvalue weighted by atomic mass is 10.2. The molecule has 0 atom stereocenters. The lowest BCUT2D eigenvalue weighted by Crippen LogP contribution is -2.31. The smallest absolute Gasteiger partial charge is 0.308 e. The lowest BCUT2D eigenvalue weighted by molar-refractivity contribution is -0.131. The van der Waals surface area contributed by atoms with Crippen LogP contribution in [-0.4, -0.2) is 44.0 Å². The van der Waals surface area contributed by atoms with Crippen molar-refractivity contribution in [2.75, 3.05) is 27.2 Å². The number of likely N-dealkylation sites (N-methyl/N-ethyl adjacent to an activating group) is 1. The molecule has 98 valence electrons. The maximum Gasteiger partial charge on any atom is 0.308 e. The van der Waals surface area contributed by atoms with E-state index in [1.807, 2.05) is 19.0 Å². The summed E-state index contributed by atoms with van der Waals surface area (Å²) in [6.07, 6.45) is 0. The molecule has 0 unspecified atom stereocenters. The van der Waals surface area contributed by atoms with Gasteiger partial charge in [-0.25, -0.2) is 0 Å². The van der Waals surface area contributed by atoms with Gasteiger partial charge in [0.2, 0.25) is 0 Å². The molecule has 0 bridgehead atoms. The second kappa shape index (κ2) is 6.76. The van der Waals surface area contributed by atoms with Crippen molar-refractivity contribution >= 4 is 11.9 Å². The van der Waals surface area contributed by atoms with Crippen molar-refractivity contribution in [2.24, 2.45) is 0 Å². The Labute approximate surface area is 107 Å². The third kappa shape index (κ3) is 4.55. The molecular weight excluding hydrogens is 232 g/mol. The Morgan fingerprint density at radius 1 is 1.28 bits per heavy atom. The van der Waals surface area contributed by atoms with E-state index in [2.05, 4.69) is 5.32 Å². The second-order valence-corrected chi connectivity index (χ2v) is 4.15. The first-order valence-electron chi connectivity index (χ1n) is 5.71. The Morgan fingerprint density at radius 3 is 2.56 bits per heavy atom. The molecule has 0 aromatic heterocycles. The number of esters is 1. The third-order valence-electron chi connectivity index (χ3n) is 2.23. The molecule has 5 nitrogen and oxygen atoms in total. The van der Waals surface area contributed by atoms with Gasteiger partial charge in [0.15, 0.2) is 0 Å². The van der Waals surface area contributed by atoms with Crippen molar-refractivity contribution in [3.8, 4) is 5.75 Å². The van der Waals surface area contributed by atoms with Gasteiger partial charge in [0.05, 0.1) is 5.56 Å². The summed E-state index contributed by atoms with van der Waals surface area (Å²) in [6, 6.07) is 6.67. The fourth-order valence-electron chi connectivity index (χ4n) is 1.39. The number of nitrogens with zero attached hydrogens (tertiary/aromatic N) is 1. The van der Waals surface area contributed by atoms with Gasteiger partial charge in [0.25, 0.3) is 5.91 Å². The normalized spacial score (nSPS) is 10.2. The van der Waals surface area contributed by atoms with Gasteiger partial charge < -0.3 is 15.0 Å². The summed E-state index contributed by atoms with van der Waals surface area (Å²) in [4.78, 5) is 24.8. The molecule has 0 spiro atoms. The highest BCUT2D eigenvalue weighted by molar-refractivity contribution is 5.97. The zero-order valence-electron chi connectivity index (χ0n) is 10.9. The Morgan fingerprint density at radius 2 is 1.94 bits per heavy atom. The van der Waals surface area contributed by atoms with Gasteiger partial charge in [-0.15, -0.1) is 0 Å². The van der Waals surface area contributed by atoms with Crippen LogP contribution in [0.25, 0.3) is 0 Å². The predicted molar refractivity (Wildman–Crippen MR) is 68.6 cm³/mol. The number of amides is 1. The Balaban J connectivity index is 2.69. The van der Waals surface area contributed by atoms with Crippen molar-refractivity contribution in [3.63, 3.8) is 0 Å². The van der Waals surface area contributed by atoms with Crippen molar-refractivity contribution < 1.29 is 14.3 Å². The quantitative estimate of drug-likeness (QED) is 0.623. The molecule has 0 heterocycles. The van der Waals surface area contributed by atoms with E-state index in [4.69, 9.17) is 4.74 Å². The van der Waals surface area contributed by atoms with Gasteiger partial charge in [-0.05, 0) is 26.2 Å². The zero-order chi connectivity index (χ0) is 13.5. The van der Waals surface area contributed by atoms with Gasteiger partial charge in [0, 0.05) is 20.0 Å². The van der Waals surface area contributed by atoms with Crippen LogP contribution < -0.4 is 10.1 Å². The predicted octanol–water partition coefficient (Wildman–Crippen LogP) is 0.903. The van der Waals surface area contributed by atoms with E-state index in [9.17, 15) is 9.59 Å². The van der Waals surface area contributed by atoms with Crippen LogP contribution in [0.5, 0.6) is 5.75 Å². The van der Waals surface area contributed by atoms with E-state index in [0.29, 0.717) is 12.1 Å². The Kier molecular flexibility index (Phi) is 5.32. The fraction of sp³-hybridized carbons (Fsp3) is 0.385. The summed E-state index contributed by atoms with van der Waals surface area (Å²) < 4.78 is 4.98. The standard InChI is InChI=1S/C13H18N2O3/c1-10(16)18-12-7-5-4-6-11(12)13(17)14-8-9-15(2)3/h4-7H,8-9H2,1-3H3,(H,14,17). The summed E-state index contributed by atoms with van der Waals surface area (Å²) in [5.41, 5.74) is 0.367. The van der Waals surface area contributed by atoms with Gasteiger partial charge in [-0.2, -0.15) is 0 Å². The molecule has 0 saturated heterocycles. The third-order valence-corrected chi connectivity index (χ3v) is 2.23. The minimum atomic E-state index is -0.441. The average Bonchev–Trinajstić information content (AvgIpc) is 2.28. The summed E-state index contributed by atoms with van der Waals surface area (Å²) >= 11 is 0. The highest BCUT2D eigenvalue weighted by atomic mass is 16.5. The van der Waals surface area contributed by atoms with Crippen LogP contribution in [0, 0.1) is 0 Å². The highest BCUT2D eigenvalue weighted by Crippen LogP contribution is 2.17. The molecule has 1 N–H and O–H groups in total.